The standard InChI is InChI=1S/C22H26N4/c1-15-12-23-10-11-26(15)17-8-6-16(7-9-17)19-13-24-14-21-22(19)18-4-2-3-5-20(18)25-21/h2-9,15,19,23-25H,10-14H2,1H3. The van der Waals surface area contributed by atoms with Crippen molar-refractivity contribution in [2.75, 3.05) is 31.1 Å². The number of fused-ring (bicyclic) bond motifs is 3. The van der Waals surface area contributed by atoms with Gasteiger partial charge in [0.05, 0.1) is 0 Å². The van der Waals surface area contributed by atoms with Crippen LogP contribution in [0.2, 0.25) is 0 Å². The SMILES string of the molecule is CC1CNCCN1c1ccc(C2CNCc3[nH]c4ccccc4c32)cc1. The van der Waals surface area contributed by atoms with Gasteiger partial charge in [-0.05, 0) is 36.2 Å². The summed E-state index contributed by atoms with van der Waals surface area (Å²) in [4.78, 5) is 6.12. The fourth-order valence-corrected chi connectivity index (χ4v) is 4.61. The first-order chi connectivity index (χ1) is 12.8. The van der Waals surface area contributed by atoms with E-state index in [0.29, 0.717) is 12.0 Å². The van der Waals surface area contributed by atoms with Gasteiger partial charge in [-0.15, -0.1) is 0 Å². The minimum Gasteiger partial charge on any atom is -0.366 e. The quantitative estimate of drug-likeness (QED) is 0.668. The van der Waals surface area contributed by atoms with Gasteiger partial charge in [-0.2, -0.15) is 0 Å². The number of rotatable bonds is 2. The van der Waals surface area contributed by atoms with E-state index in [1.54, 1.807) is 0 Å². The molecule has 0 saturated carbocycles. The van der Waals surface area contributed by atoms with E-state index in [2.05, 4.69) is 76.0 Å². The molecule has 3 aromatic rings. The predicted octanol–water partition coefficient (Wildman–Crippen LogP) is 3.20. The normalized spacial score (nSPS) is 23.2. The van der Waals surface area contributed by atoms with Gasteiger partial charge in [0, 0.05) is 67.0 Å². The molecule has 4 heteroatoms. The van der Waals surface area contributed by atoms with Gasteiger partial charge in [0.25, 0.3) is 0 Å². The average molecular weight is 346 g/mol. The Labute approximate surface area is 154 Å². The molecule has 0 bridgehead atoms. The summed E-state index contributed by atoms with van der Waals surface area (Å²) >= 11 is 0. The van der Waals surface area contributed by atoms with Crippen molar-refractivity contribution in [3.63, 3.8) is 0 Å². The van der Waals surface area contributed by atoms with Crippen molar-refractivity contribution in [1.29, 1.82) is 0 Å². The molecule has 2 atom stereocenters. The molecule has 5 rings (SSSR count). The Bertz CT molecular complexity index is 912. The van der Waals surface area contributed by atoms with Crippen molar-refractivity contribution < 1.29 is 0 Å². The Hall–Kier alpha value is -2.30. The second-order valence-corrected chi connectivity index (χ2v) is 7.58. The fourth-order valence-electron chi connectivity index (χ4n) is 4.61. The van der Waals surface area contributed by atoms with Gasteiger partial charge in [0.2, 0.25) is 0 Å². The van der Waals surface area contributed by atoms with Gasteiger partial charge in [0.15, 0.2) is 0 Å². The predicted molar refractivity (Wildman–Crippen MR) is 108 cm³/mol. The fraction of sp³-hybridized carbons (Fsp3) is 0.364. The van der Waals surface area contributed by atoms with Crippen LogP contribution in [0.25, 0.3) is 10.9 Å². The van der Waals surface area contributed by atoms with Crippen LogP contribution in [0.4, 0.5) is 5.69 Å². The third-order valence-electron chi connectivity index (χ3n) is 5.96. The highest BCUT2D eigenvalue weighted by molar-refractivity contribution is 5.86. The molecular weight excluding hydrogens is 320 g/mol. The molecule has 4 nitrogen and oxygen atoms in total. The second kappa shape index (κ2) is 6.45. The van der Waals surface area contributed by atoms with Crippen LogP contribution in [-0.4, -0.2) is 37.2 Å². The zero-order chi connectivity index (χ0) is 17.5. The minimum atomic E-state index is 0.407. The van der Waals surface area contributed by atoms with Gasteiger partial charge in [-0.25, -0.2) is 0 Å². The first-order valence-electron chi connectivity index (χ1n) is 9.69. The van der Waals surface area contributed by atoms with Gasteiger partial charge in [-0.1, -0.05) is 30.3 Å². The van der Waals surface area contributed by atoms with Gasteiger partial charge in [0.1, 0.15) is 0 Å². The van der Waals surface area contributed by atoms with Gasteiger partial charge >= 0.3 is 0 Å². The number of para-hydroxylation sites is 1. The molecule has 2 aliphatic heterocycles. The van der Waals surface area contributed by atoms with Crippen LogP contribution in [0, 0.1) is 0 Å². The van der Waals surface area contributed by atoms with E-state index in [1.165, 1.54) is 33.4 Å². The summed E-state index contributed by atoms with van der Waals surface area (Å²) in [5.74, 6) is 0.407. The van der Waals surface area contributed by atoms with Crippen LogP contribution in [0.15, 0.2) is 48.5 Å². The largest absolute Gasteiger partial charge is 0.366 e. The first kappa shape index (κ1) is 15.9. The molecule has 1 aromatic heterocycles. The van der Waals surface area contributed by atoms with Crippen LogP contribution in [0.3, 0.4) is 0 Å². The highest BCUT2D eigenvalue weighted by Crippen LogP contribution is 2.36. The van der Waals surface area contributed by atoms with E-state index in [9.17, 15) is 0 Å². The number of aromatic amines is 1. The number of benzene rings is 2. The van der Waals surface area contributed by atoms with Crippen LogP contribution < -0.4 is 15.5 Å². The van der Waals surface area contributed by atoms with Crippen molar-refractivity contribution in [3.8, 4) is 0 Å². The van der Waals surface area contributed by atoms with Crippen LogP contribution in [-0.2, 0) is 6.54 Å². The zero-order valence-electron chi connectivity index (χ0n) is 15.3. The Balaban J connectivity index is 1.50. The average Bonchev–Trinajstić information content (AvgIpc) is 3.07. The summed E-state index contributed by atoms with van der Waals surface area (Å²) in [6.45, 7) is 7.43. The number of hydrogen-bond donors (Lipinski definition) is 3. The van der Waals surface area contributed by atoms with Crippen molar-refractivity contribution >= 4 is 16.6 Å². The molecular formula is C22H26N4. The van der Waals surface area contributed by atoms with Crippen LogP contribution in [0.5, 0.6) is 0 Å². The van der Waals surface area contributed by atoms with Gasteiger partial charge < -0.3 is 20.5 Å². The number of anilines is 1. The summed E-state index contributed by atoms with van der Waals surface area (Å²) in [6, 6.07) is 18.5. The maximum atomic E-state index is 3.61. The number of aromatic nitrogens is 1. The lowest BCUT2D eigenvalue weighted by atomic mass is 9.87. The molecule has 0 amide bonds. The van der Waals surface area contributed by atoms with E-state index < -0.39 is 0 Å². The number of piperazine rings is 1. The summed E-state index contributed by atoms with van der Waals surface area (Å²) in [6.07, 6.45) is 0. The molecule has 2 unspecified atom stereocenters. The lowest BCUT2D eigenvalue weighted by Gasteiger charge is -2.36. The van der Waals surface area contributed by atoms with Crippen molar-refractivity contribution in [2.45, 2.75) is 25.4 Å². The van der Waals surface area contributed by atoms with Gasteiger partial charge in [-0.3, -0.25) is 0 Å². The maximum Gasteiger partial charge on any atom is 0.0459 e. The second-order valence-electron chi connectivity index (χ2n) is 7.58. The smallest absolute Gasteiger partial charge is 0.0459 e. The lowest BCUT2D eigenvalue weighted by Crippen LogP contribution is -2.49. The molecule has 134 valence electrons. The lowest BCUT2D eigenvalue weighted by molar-refractivity contribution is 0.501. The Morgan fingerprint density at radius 2 is 1.81 bits per heavy atom. The summed E-state index contributed by atoms with van der Waals surface area (Å²) in [5.41, 5.74) is 6.79. The number of hydrogen-bond acceptors (Lipinski definition) is 3. The highest BCUT2D eigenvalue weighted by atomic mass is 15.2. The maximum absolute atomic E-state index is 3.61. The highest BCUT2D eigenvalue weighted by Gasteiger charge is 2.26. The topological polar surface area (TPSA) is 43.1 Å². The number of nitrogens with zero attached hydrogens (tertiary/aromatic N) is 1. The molecule has 1 saturated heterocycles. The van der Waals surface area contributed by atoms with Crippen molar-refractivity contribution in [2.24, 2.45) is 0 Å². The number of nitrogens with one attached hydrogen (secondary N) is 3. The molecule has 1 fully saturated rings. The molecule has 2 aromatic carbocycles. The van der Waals surface area contributed by atoms with Crippen molar-refractivity contribution in [1.82, 2.24) is 15.6 Å². The molecule has 0 radical (unpaired) electrons. The third-order valence-corrected chi connectivity index (χ3v) is 5.96. The van der Waals surface area contributed by atoms with Crippen LogP contribution >= 0.6 is 0 Å². The molecule has 26 heavy (non-hydrogen) atoms. The van der Waals surface area contributed by atoms with E-state index in [0.717, 1.165) is 32.7 Å². The molecule has 0 spiro atoms. The zero-order valence-corrected chi connectivity index (χ0v) is 15.3. The molecule has 3 heterocycles. The Kier molecular flexibility index (Phi) is 3.95. The van der Waals surface area contributed by atoms with E-state index in [4.69, 9.17) is 0 Å². The van der Waals surface area contributed by atoms with E-state index >= 15 is 0 Å². The minimum absolute atomic E-state index is 0.407. The monoisotopic (exact) mass is 346 g/mol. The molecule has 0 aliphatic carbocycles. The van der Waals surface area contributed by atoms with Crippen LogP contribution in [0.1, 0.15) is 29.7 Å². The van der Waals surface area contributed by atoms with E-state index in [-0.39, 0.29) is 0 Å². The molecule has 2 aliphatic rings. The number of H-pyrrole nitrogens is 1. The third kappa shape index (κ3) is 2.61. The Morgan fingerprint density at radius 1 is 0.962 bits per heavy atom. The summed E-state index contributed by atoms with van der Waals surface area (Å²) in [7, 11) is 0. The Morgan fingerprint density at radius 3 is 2.65 bits per heavy atom. The summed E-state index contributed by atoms with van der Waals surface area (Å²) in [5, 5.41) is 8.42. The molecule has 3 N–H and O–H groups in total. The van der Waals surface area contributed by atoms with Crippen molar-refractivity contribution in [3.05, 3.63) is 65.4 Å². The summed E-state index contributed by atoms with van der Waals surface area (Å²) < 4.78 is 0. The first-order valence-corrected chi connectivity index (χ1v) is 9.69. The van der Waals surface area contributed by atoms with E-state index in [1.807, 2.05) is 0 Å².